The summed E-state index contributed by atoms with van der Waals surface area (Å²) in [5, 5.41) is 3.13. The number of carbonyl (C=O) groups excluding carboxylic acids is 1. The highest BCUT2D eigenvalue weighted by Gasteiger charge is 2.33. The number of hydrogen-bond acceptors (Lipinski definition) is 3. The lowest BCUT2D eigenvalue weighted by Gasteiger charge is -2.40. The first-order chi connectivity index (χ1) is 11.6. The average Bonchev–Trinajstić information content (AvgIpc) is 3.09. The van der Waals surface area contributed by atoms with Gasteiger partial charge in [-0.25, -0.2) is 4.79 Å². The Labute approximate surface area is 145 Å². The maximum absolute atomic E-state index is 12.5. The summed E-state index contributed by atoms with van der Waals surface area (Å²) in [6.07, 6.45) is 2.05. The average molecular weight is 331 g/mol. The summed E-state index contributed by atoms with van der Waals surface area (Å²) in [7, 11) is 0. The minimum absolute atomic E-state index is 0.0520. The van der Waals surface area contributed by atoms with E-state index in [2.05, 4.69) is 48.3 Å². The number of amides is 2. The molecule has 2 aliphatic heterocycles. The smallest absolute Gasteiger partial charge is 0.317 e. The summed E-state index contributed by atoms with van der Waals surface area (Å²) in [6.45, 7) is 9.01. The van der Waals surface area contributed by atoms with Gasteiger partial charge in [0.1, 0.15) is 0 Å². The number of urea groups is 1. The molecule has 1 N–H and O–H groups in total. The minimum atomic E-state index is -0.201. The minimum Gasteiger partial charge on any atom is -0.372 e. The number of carbonyl (C=O) groups is 1. The van der Waals surface area contributed by atoms with Crippen LogP contribution in [-0.4, -0.2) is 55.9 Å². The van der Waals surface area contributed by atoms with Gasteiger partial charge in [-0.3, -0.25) is 0 Å². The highest BCUT2D eigenvalue weighted by molar-refractivity contribution is 5.74. The van der Waals surface area contributed by atoms with Gasteiger partial charge in [-0.05, 0) is 37.8 Å². The van der Waals surface area contributed by atoms with Crippen LogP contribution in [0.15, 0.2) is 30.3 Å². The van der Waals surface area contributed by atoms with Crippen molar-refractivity contribution in [1.82, 2.24) is 10.2 Å². The van der Waals surface area contributed by atoms with Crippen molar-refractivity contribution in [2.45, 2.75) is 32.3 Å². The van der Waals surface area contributed by atoms with Gasteiger partial charge in [0.25, 0.3) is 0 Å². The predicted octanol–water partition coefficient (Wildman–Crippen LogP) is 2.72. The maximum atomic E-state index is 12.5. The zero-order valence-corrected chi connectivity index (χ0v) is 14.8. The van der Waals surface area contributed by atoms with Gasteiger partial charge in [-0.1, -0.05) is 25.1 Å². The lowest BCUT2D eigenvalue weighted by Crippen LogP contribution is -2.54. The molecule has 2 unspecified atom stereocenters. The van der Waals surface area contributed by atoms with Gasteiger partial charge in [0.2, 0.25) is 0 Å². The highest BCUT2D eigenvalue weighted by atomic mass is 16.5. The Hall–Kier alpha value is -1.75. The van der Waals surface area contributed by atoms with Gasteiger partial charge in [0.05, 0.1) is 18.8 Å². The molecule has 24 heavy (non-hydrogen) atoms. The van der Waals surface area contributed by atoms with Gasteiger partial charge in [0.15, 0.2) is 0 Å². The lowest BCUT2D eigenvalue weighted by atomic mass is 10.0. The van der Waals surface area contributed by atoms with E-state index in [9.17, 15) is 4.79 Å². The summed E-state index contributed by atoms with van der Waals surface area (Å²) < 4.78 is 5.81. The lowest BCUT2D eigenvalue weighted by molar-refractivity contribution is -0.0872. The van der Waals surface area contributed by atoms with Crippen LogP contribution < -0.4 is 10.2 Å². The number of nitrogens with zero attached hydrogens (tertiary/aromatic N) is 2. The van der Waals surface area contributed by atoms with Crippen molar-refractivity contribution in [3.8, 4) is 0 Å². The summed E-state index contributed by atoms with van der Waals surface area (Å²) in [5.74, 6) is 0.521. The molecule has 1 aromatic carbocycles. The molecule has 1 aromatic rings. The molecule has 0 spiro atoms. The summed E-state index contributed by atoms with van der Waals surface area (Å²) in [4.78, 5) is 16.8. The molecular weight excluding hydrogens is 302 g/mol. The van der Waals surface area contributed by atoms with E-state index in [1.807, 2.05) is 11.0 Å². The topological polar surface area (TPSA) is 44.8 Å². The van der Waals surface area contributed by atoms with Crippen LogP contribution in [0.3, 0.4) is 0 Å². The fourth-order valence-electron chi connectivity index (χ4n) is 3.53. The number of nitrogens with one attached hydrogen (secondary N) is 1. The van der Waals surface area contributed by atoms with Crippen LogP contribution in [0.4, 0.5) is 10.5 Å². The first kappa shape index (κ1) is 17.1. The van der Waals surface area contributed by atoms with Gasteiger partial charge >= 0.3 is 6.03 Å². The van der Waals surface area contributed by atoms with Crippen LogP contribution in [0.25, 0.3) is 0 Å². The highest BCUT2D eigenvalue weighted by Crippen LogP contribution is 2.23. The first-order valence-corrected chi connectivity index (χ1v) is 9.06. The van der Waals surface area contributed by atoms with Crippen molar-refractivity contribution in [1.29, 1.82) is 0 Å². The fraction of sp³-hybridized carbons (Fsp3) is 0.632. The van der Waals surface area contributed by atoms with Crippen molar-refractivity contribution in [2.75, 3.05) is 44.2 Å². The molecule has 2 fully saturated rings. The molecule has 3 rings (SSSR count). The Morgan fingerprint density at radius 2 is 2.12 bits per heavy atom. The van der Waals surface area contributed by atoms with E-state index in [1.165, 1.54) is 5.69 Å². The van der Waals surface area contributed by atoms with Crippen molar-refractivity contribution >= 4 is 11.7 Å². The molecular formula is C19H29N3O2. The summed E-state index contributed by atoms with van der Waals surface area (Å²) in [5.41, 5.74) is 1.07. The number of ether oxygens (including phenoxy) is 1. The number of morpholine rings is 1. The van der Waals surface area contributed by atoms with E-state index < -0.39 is 0 Å². The van der Waals surface area contributed by atoms with Crippen molar-refractivity contribution in [3.63, 3.8) is 0 Å². The quantitative estimate of drug-likeness (QED) is 0.923. The van der Waals surface area contributed by atoms with Crippen LogP contribution in [0.5, 0.6) is 0 Å². The monoisotopic (exact) mass is 331 g/mol. The van der Waals surface area contributed by atoms with E-state index in [4.69, 9.17) is 4.74 Å². The molecule has 0 radical (unpaired) electrons. The normalized spacial score (nSPS) is 27.3. The third-order valence-electron chi connectivity index (χ3n) is 5.32. The zero-order valence-electron chi connectivity index (χ0n) is 14.8. The Balaban J connectivity index is 1.45. The molecule has 2 heterocycles. The largest absolute Gasteiger partial charge is 0.372 e. The van der Waals surface area contributed by atoms with E-state index in [1.54, 1.807) is 0 Å². The van der Waals surface area contributed by atoms with Gasteiger partial charge in [0, 0.05) is 31.9 Å². The van der Waals surface area contributed by atoms with Crippen LogP contribution in [0.2, 0.25) is 0 Å². The number of para-hydroxylation sites is 1. The van der Waals surface area contributed by atoms with Crippen molar-refractivity contribution in [3.05, 3.63) is 30.3 Å². The molecule has 0 aliphatic carbocycles. The standard InChI is InChI=1S/C19H29N3O2/c1-3-19(2)15-22(11-12-24-19)18(23)20-13-16-9-10-21(14-16)17-7-5-4-6-8-17/h4-8,16H,3,9-15H2,1-2H3,(H,20,23). The van der Waals surface area contributed by atoms with Gasteiger partial charge < -0.3 is 19.9 Å². The molecule has 2 atom stereocenters. The van der Waals surface area contributed by atoms with Gasteiger partial charge in [-0.2, -0.15) is 0 Å². The summed E-state index contributed by atoms with van der Waals surface area (Å²) >= 11 is 0. The van der Waals surface area contributed by atoms with Crippen molar-refractivity contribution in [2.24, 2.45) is 5.92 Å². The Kier molecular flexibility index (Phi) is 5.29. The molecule has 2 amide bonds. The molecule has 5 nitrogen and oxygen atoms in total. The fourth-order valence-corrected chi connectivity index (χ4v) is 3.53. The first-order valence-electron chi connectivity index (χ1n) is 9.06. The molecule has 2 saturated heterocycles. The SMILES string of the molecule is CCC1(C)CN(C(=O)NCC2CCN(c3ccccc3)C2)CCO1. The van der Waals surface area contributed by atoms with E-state index in [0.717, 1.165) is 32.5 Å². The van der Waals surface area contributed by atoms with E-state index >= 15 is 0 Å². The summed E-state index contributed by atoms with van der Waals surface area (Å²) in [6, 6.07) is 10.6. The number of rotatable bonds is 4. The van der Waals surface area contributed by atoms with E-state index in [0.29, 0.717) is 25.6 Å². The third-order valence-corrected chi connectivity index (χ3v) is 5.32. The molecule has 132 valence electrons. The second-order valence-electron chi connectivity index (χ2n) is 7.20. The van der Waals surface area contributed by atoms with Crippen LogP contribution in [0.1, 0.15) is 26.7 Å². The molecule has 0 aromatic heterocycles. The third kappa shape index (κ3) is 4.01. The number of benzene rings is 1. The second-order valence-corrected chi connectivity index (χ2v) is 7.20. The van der Waals surface area contributed by atoms with Crippen LogP contribution >= 0.6 is 0 Å². The van der Waals surface area contributed by atoms with Crippen molar-refractivity contribution < 1.29 is 9.53 Å². The Morgan fingerprint density at radius 1 is 1.33 bits per heavy atom. The number of anilines is 1. The van der Waals surface area contributed by atoms with Crippen LogP contribution in [-0.2, 0) is 4.74 Å². The van der Waals surface area contributed by atoms with E-state index in [-0.39, 0.29) is 11.6 Å². The molecule has 0 saturated carbocycles. The predicted molar refractivity (Wildman–Crippen MR) is 96.4 cm³/mol. The van der Waals surface area contributed by atoms with Gasteiger partial charge in [-0.15, -0.1) is 0 Å². The molecule has 5 heteroatoms. The second kappa shape index (κ2) is 7.43. The Bertz CT molecular complexity index is 551. The molecule has 0 bridgehead atoms. The maximum Gasteiger partial charge on any atom is 0.317 e. The molecule has 2 aliphatic rings. The number of hydrogen-bond donors (Lipinski definition) is 1. The zero-order chi connectivity index (χ0) is 17.0. The van der Waals surface area contributed by atoms with Crippen LogP contribution in [0, 0.1) is 5.92 Å². The Morgan fingerprint density at radius 3 is 2.88 bits per heavy atom.